The van der Waals surface area contributed by atoms with E-state index in [0.717, 1.165) is 4.47 Å². The number of hydrogen-bond acceptors (Lipinski definition) is 7. The fraction of sp³-hybridized carbons (Fsp3) is 0.318. The van der Waals surface area contributed by atoms with Crippen LogP contribution in [0.25, 0.3) is 11.7 Å². The van der Waals surface area contributed by atoms with Gasteiger partial charge >= 0.3 is 0 Å². The van der Waals surface area contributed by atoms with E-state index in [2.05, 4.69) is 27.0 Å². The van der Waals surface area contributed by atoms with Crippen LogP contribution in [0.2, 0.25) is 0 Å². The van der Waals surface area contributed by atoms with E-state index in [1.165, 1.54) is 6.26 Å². The van der Waals surface area contributed by atoms with Gasteiger partial charge in [0.05, 0.1) is 17.9 Å². The van der Waals surface area contributed by atoms with E-state index in [0.29, 0.717) is 49.1 Å². The maximum absolute atomic E-state index is 13.2. The van der Waals surface area contributed by atoms with Crippen molar-refractivity contribution >= 4 is 27.7 Å². The highest BCUT2D eigenvalue weighted by Gasteiger charge is 2.28. The fourth-order valence-corrected chi connectivity index (χ4v) is 3.75. The highest BCUT2D eigenvalue weighted by atomic mass is 79.9. The summed E-state index contributed by atoms with van der Waals surface area (Å²) in [7, 11) is 0. The van der Waals surface area contributed by atoms with Crippen LogP contribution in [0.1, 0.15) is 29.9 Å². The van der Waals surface area contributed by atoms with Gasteiger partial charge in [-0.25, -0.2) is 0 Å². The van der Waals surface area contributed by atoms with Gasteiger partial charge < -0.3 is 23.4 Å². The average Bonchev–Trinajstić information content (AvgIpc) is 3.43. The molecule has 1 aliphatic rings. The highest BCUT2D eigenvalue weighted by molar-refractivity contribution is 9.10. The van der Waals surface area contributed by atoms with Crippen LogP contribution in [0.3, 0.4) is 0 Å². The Hall–Kier alpha value is -3.25. The third-order valence-corrected chi connectivity index (χ3v) is 5.33. The van der Waals surface area contributed by atoms with Gasteiger partial charge in [-0.1, -0.05) is 15.9 Å². The normalized spacial score (nSPS) is 14.0. The fourth-order valence-electron chi connectivity index (χ4n) is 3.41. The number of furan rings is 1. The highest BCUT2D eigenvalue weighted by Crippen LogP contribution is 2.30. The lowest BCUT2D eigenvalue weighted by Crippen LogP contribution is -2.49. The number of oxazole rings is 1. The van der Waals surface area contributed by atoms with Gasteiger partial charge in [0.25, 0.3) is 11.8 Å². The molecule has 0 radical (unpaired) electrons. The van der Waals surface area contributed by atoms with Crippen molar-refractivity contribution in [2.75, 3.05) is 31.1 Å². The largest absolute Gasteiger partial charge is 0.490 e. The third kappa shape index (κ3) is 4.44. The molecule has 0 N–H and O–H groups in total. The zero-order chi connectivity index (χ0) is 22.0. The van der Waals surface area contributed by atoms with Crippen molar-refractivity contribution in [1.82, 2.24) is 9.88 Å². The molecule has 1 aromatic carbocycles. The van der Waals surface area contributed by atoms with Crippen LogP contribution in [0.15, 0.2) is 49.9 Å². The van der Waals surface area contributed by atoms with E-state index in [9.17, 15) is 10.1 Å². The second kappa shape index (κ2) is 8.86. The molecule has 0 unspecified atom stereocenters. The summed E-state index contributed by atoms with van der Waals surface area (Å²) in [6.45, 7) is 5.85. The molecule has 3 aromatic rings. The Bertz CT molecular complexity index is 1110. The van der Waals surface area contributed by atoms with Gasteiger partial charge in [-0.2, -0.15) is 10.2 Å². The van der Waals surface area contributed by atoms with Crippen LogP contribution in [-0.2, 0) is 0 Å². The Kier molecular flexibility index (Phi) is 6.00. The first-order valence-corrected chi connectivity index (χ1v) is 10.7. The molecule has 0 spiro atoms. The molecule has 1 fully saturated rings. The average molecular weight is 485 g/mol. The van der Waals surface area contributed by atoms with Gasteiger partial charge in [-0.05, 0) is 44.2 Å². The molecule has 2 aromatic heterocycles. The quantitative estimate of drug-likeness (QED) is 0.531. The van der Waals surface area contributed by atoms with E-state index < -0.39 is 0 Å². The van der Waals surface area contributed by atoms with E-state index in [1.807, 2.05) is 30.9 Å². The summed E-state index contributed by atoms with van der Waals surface area (Å²) in [5.41, 5.74) is 0.731. The summed E-state index contributed by atoms with van der Waals surface area (Å²) in [6.07, 6.45) is 1.48. The number of carbonyl (C=O) groups is 1. The first-order valence-electron chi connectivity index (χ1n) is 9.91. The number of aromatic nitrogens is 1. The van der Waals surface area contributed by atoms with Crippen molar-refractivity contribution in [2.24, 2.45) is 0 Å². The van der Waals surface area contributed by atoms with Crippen molar-refractivity contribution in [2.45, 2.75) is 20.0 Å². The Morgan fingerprint density at radius 3 is 2.68 bits per heavy atom. The first-order chi connectivity index (χ1) is 15.0. The van der Waals surface area contributed by atoms with Crippen molar-refractivity contribution < 1.29 is 18.4 Å². The lowest BCUT2D eigenvalue weighted by Gasteiger charge is -2.34. The molecule has 160 valence electrons. The zero-order valence-electron chi connectivity index (χ0n) is 17.2. The second-order valence-corrected chi connectivity index (χ2v) is 8.26. The minimum atomic E-state index is -0.0860. The Morgan fingerprint density at radius 2 is 2.03 bits per heavy atom. The number of ether oxygens (including phenoxy) is 1. The molecule has 9 heteroatoms. The molecular formula is C22H21BrN4O4. The van der Waals surface area contributed by atoms with Crippen LogP contribution in [0, 0.1) is 11.3 Å². The van der Waals surface area contributed by atoms with Gasteiger partial charge in [-0.3, -0.25) is 4.79 Å². The number of anilines is 1. The number of benzene rings is 1. The standard InChI is InChI=1S/C22H21BrN4O4/c1-14(2)30-19-12-15(23)5-6-16(19)21(28)26-7-9-27(10-8-26)22-17(13-24)25-20(31-22)18-4-3-11-29-18/h3-6,11-12,14H,7-10H2,1-2H3. The first kappa shape index (κ1) is 21.0. The monoisotopic (exact) mass is 484 g/mol. The summed E-state index contributed by atoms with van der Waals surface area (Å²) in [6, 6.07) is 11.0. The molecule has 8 nitrogen and oxygen atoms in total. The van der Waals surface area contributed by atoms with Crippen LogP contribution in [0.5, 0.6) is 5.75 Å². The number of halogens is 1. The summed E-state index contributed by atoms with van der Waals surface area (Å²) >= 11 is 3.43. The number of amides is 1. The summed E-state index contributed by atoms with van der Waals surface area (Å²) in [5, 5.41) is 9.46. The molecule has 31 heavy (non-hydrogen) atoms. The van der Waals surface area contributed by atoms with E-state index in [-0.39, 0.29) is 23.6 Å². The minimum absolute atomic E-state index is 0.0445. The maximum Gasteiger partial charge on any atom is 0.266 e. The minimum Gasteiger partial charge on any atom is -0.490 e. The maximum atomic E-state index is 13.2. The predicted molar refractivity (Wildman–Crippen MR) is 117 cm³/mol. The van der Waals surface area contributed by atoms with Gasteiger partial charge in [0.2, 0.25) is 11.6 Å². The summed E-state index contributed by atoms with van der Waals surface area (Å²) in [4.78, 5) is 21.1. The smallest absolute Gasteiger partial charge is 0.266 e. The molecule has 0 aliphatic carbocycles. The predicted octanol–water partition coefficient (Wildman–Crippen LogP) is 4.32. The van der Waals surface area contributed by atoms with Gasteiger partial charge in [0.15, 0.2) is 5.76 Å². The van der Waals surface area contributed by atoms with E-state index >= 15 is 0 Å². The molecule has 4 rings (SSSR count). The number of hydrogen-bond donors (Lipinski definition) is 0. The Labute approximate surface area is 188 Å². The number of rotatable bonds is 5. The molecule has 1 aliphatic heterocycles. The van der Waals surface area contributed by atoms with E-state index in [4.69, 9.17) is 13.6 Å². The molecule has 0 saturated carbocycles. The van der Waals surface area contributed by atoms with Crippen molar-refractivity contribution in [1.29, 1.82) is 5.26 Å². The molecule has 0 bridgehead atoms. The Balaban J connectivity index is 1.49. The van der Waals surface area contributed by atoms with Crippen LogP contribution in [-0.4, -0.2) is 48.1 Å². The number of nitriles is 1. The second-order valence-electron chi connectivity index (χ2n) is 7.35. The summed E-state index contributed by atoms with van der Waals surface area (Å²) in [5.74, 6) is 1.59. The lowest BCUT2D eigenvalue weighted by atomic mass is 10.1. The number of piperazine rings is 1. The zero-order valence-corrected chi connectivity index (χ0v) is 18.8. The molecular weight excluding hydrogens is 464 g/mol. The van der Waals surface area contributed by atoms with Crippen LogP contribution >= 0.6 is 15.9 Å². The number of carbonyl (C=O) groups excluding carboxylic acids is 1. The Morgan fingerprint density at radius 1 is 1.26 bits per heavy atom. The van der Waals surface area contributed by atoms with Crippen LogP contribution in [0.4, 0.5) is 5.88 Å². The molecule has 1 amide bonds. The molecule has 0 atom stereocenters. The number of nitrogens with zero attached hydrogens (tertiary/aromatic N) is 4. The van der Waals surface area contributed by atoms with Gasteiger partial charge in [0.1, 0.15) is 11.8 Å². The molecule has 1 saturated heterocycles. The SMILES string of the molecule is CC(C)Oc1cc(Br)ccc1C(=O)N1CCN(c2oc(-c3ccco3)nc2C#N)CC1. The van der Waals surface area contributed by atoms with Gasteiger partial charge in [-0.15, -0.1) is 0 Å². The van der Waals surface area contributed by atoms with Crippen LogP contribution < -0.4 is 9.64 Å². The third-order valence-electron chi connectivity index (χ3n) is 4.84. The van der Waals surface area contributed by atoms with Crippen molar-refractivity contribution in [3.63, 3.8) is 0 Å². The van der Waals surface area contributed by atoms with Gasteiger partial charge in [0, 0.05) is 30.7 Å². The van der Waals surface area contributed by atoms with Crippen molar-refractivity contribution in [3.8, 4) is 23.5 Å². The topological polar surface area (TPSA) is 95.7 Å². The van der Waals surface area contributed by atoms with Crippen molar-refractivity contribution in [3.05, 3.63) is 52.3 Å². The molecule has 3 heterocycles. The van der Waals surface area contributed by atoms with E-state index in [1.54, 1.807) is 23.1 Å². The lowest BCUT2D eigenvalue weighted by molar-refractivity contribution is 0.0739. The summed E-state index contributed by atoms with van der Waals surface area (Å²) < 4.78 is 17.8.